The van der Waals surface area contributed by atoms with Gasteiger partial charge in [0.1, 0.15) is 12.2 Å². The minimum Gasteiger partial charge on any atom is -0.459 e. The molecule has 0 aliphatic carbocycles. The van der Waals surface area contributed by atoms with Crippen molar-refractivity contribution in [3.8, 4) is 0 Å². The molecule has 0 saturated carbocycles. The molecule has 0 aromatic carbocycles. The zero-order valence-corrected chi connectivity index (χ0v) is 17.5. The summed E-state index contributed by atoms with van der Waals surface area (Å²) in [5.41, 5.74) is 0. The first-order chi connectivity index (χ1) is 14.1. The van der Waals surface area contributed by atoms with Gasteiger partial charge in [0.15, 0.2) is 11.7 Å². The van der Waals surface area contributed by atoms with Crippen LogP contribution in [0.3, 0.4) is 0 Å². The Morgan fingerprint density at radius 1 is 1.28 bits per heavy atom. The van der Waals surface area contributed by atoms with Crippen LogP contribution in [0, 0.1) is 5.92 Å². The van der Waals surface area contributed by atoms with Crippen molar-refractivity contribution in [3.63, 3.8) is 0 Å². The Bertz CT molecular complexity index is 790. The van der Waals surface area contributed by atoms with Crippen molar-refractivity contribution < 1.29 is 9.21 Å². The molecule has 0 unspecified atom stereocenters. The van der Waals surface area contributed by atoms with Gasteiger partial charge in [-0.2, -0.15) is 0 Å². The summed E-state index contributed by atoms with van der Waals surface area (Å²) >= 11 is 0. The van der Waals surface area contributed by atoms with Gasteiger partial charge < -0.3 is 24.1 Å². The van der Waals surface area contributed by atoms with Crippen LogP contribution >= 0.6 is 0 Å². The van der Waals surface area contributed by atoms with E-state index in [1.54, 1.807) is 18.5 Å². The zero-order chi connectivity index (χ0) is 20.6. The van der Waals surface area contributed by atoms with E-state index in [0.717, 1.165) is 50.9 Å². The summed E-state index contributed by atoms with van der Waals surface area (Å²) in [6.07, 6.45) is 4.16. The largest absolute Gasteiger partial charge is 0.459 e. The molecule has 1 aliphatic rings. The van der Waals surface area contributed by atoms with Gasteiger partial charge in [-0.05, 0) is 18.1 Å². The monoisotopic (exact) mass is 401 g/mol. The van der Waals surface area contributed by atoms with Gasteiger partial charge in [-0.15, -0.1) is 10.2 Å². The van der Waals surface area contributed by atoms with Crippen molar-refractivity contribution in [2.75, 3.05) is 39.3 Å². The molecule has 0 atom stereocenters. The highest BCUT2D eigenvalue weighted by Gasteiger charge is 2.25. The van der Waals surface area contributed by atoms with Crippen LogP contribution in [0.2, 0.25) is 0 Å². The maximum atomic E-state index is 12.5. The van der Waals surface area contributed by atoms with Crippen molar-refractivity contribution in [2.45, 2.75) is 33.7 Å². The standard InChI is InChI=1S/C20H31N7O2/c1-4-18-24-23-15-27(18)8-7-21-20(22-14-16(2)3)26-11-9-25(10-12-26)19(28)17-6-5-13-29-17/h5-6,13,15-16H,4,7-12,14H2,1-3H3,(H,21,22). The number of hydrogen-bond donors (Lipinski definition) is 1. The Hall–Kier alpha value is -2.84. The molecule has 1 N–H and O–H groups in total. The van der Waals surface area contributed by atoms with Gasteiger partial charge in [-0.1, -0.05) is 20.8 Å². The molecule has 2 aromatic rings. The number of aliphatic imine (C=N–C) groups is 1. The lowest BCUT2D eigenvalue weighted by Gasteiger charge is -2.36. The van der Waals surface area contributed by atoms with Gasteiger partial charge >= 0.3 is 0 Å². The molecule has 0 radical (unpaired) electrons. The Kier molecular flexibility index (Phi) is 7.26. The van der Waals surface area contributed by atoms with Crippen molar-refractivity contribution in [3.05, 3.63) is 36.3 Å². The lowest BCUT2D eigenvalue weighted by atomic mass is 10.2. The summed E-state index contributed by atoms with van der Waals surface area (Å²) in [5, 5.41) is 11.6. The highest BCUT2D eigenvalue weighted by atomic mass is 16.3. The fourth-order valence-corrected chi connectivity index (χ4v) is 3.24. The molecule has 9 nitrogen and oxygen atoms in total. The number of rotatable bonds is 7. The van der Waals surface area contributed by atoms with Crippen LogP contribution in [0.25, 0.3) is 0 Å². The molecule has 3 rings (SSSR count). The molecule has 1 amide bonds. The quantitative estimate of drug-likeness (QED) is 0.558. The van der Waals surface area contributed by atoms with E-state index in [2.05, 4.69) is 45.8 Å². The number of hydrogen-bond acceptors (Lipinski definition) is 5. The van der Waals surface area contributed by atoms with Gasteiger partial charge in [0.05, 0.1) is 6.26 Å². The van der Waals surface area contributed by atoms with E-state index in [1.807, 2.05) is 4.90 Å². The number of guanidine groups is 1. The molecule has 3 heterocycles. The number of furan rings is 1. The lowest BCUT2D eigenvalue weighted by molar-refractivity contribution is 0.0657. The van der Waals surface area contributed by atoms with E-state index in [0.29, 0.717) is 24.8 Å². The third kappa shape index (κ3) is 5.58. The number of nitrogens with zero attached hydrogens (tertiary/aromatic N) is 6. The Balaban J connectivity index is 1.56. The average molecular weight is 402 g/mol. The maximum Gasteiger partial charge on any atom is 0.289 e. The molecule has 1 fully saturated rings. The maximum absolute atomic E-state index is 12.5. The van der Waals surface area contributed by atoms with Gasteiger partial charge in [-0.25, -0.2) is 0 Å². The van der Waals surface area contributed by atoms with Crippen LogP contribution in [-0.2, 0) is 13.0 Å². The van der Waals surface area contributed by atoms with E-state index in [9.17, 15) is 4.79 Å². The summed E-state index contributed by atoms with van der Waals surface area (Å²) in [6, 6.07) is 3.45. The second-order valence-electron chi connectivity index (χ2n) is 7.54. The Labute approximate surface area is 171 Å². The molecular formula is C20H31N7O2. The summed E-state index contributed by atoms with van der Waals surface area (Å²) in [4.78, 5) is 21.3. The van der Waals surface area contributed by atoms with Gasteiger partial charge in [0.2, 0.25) is 0 Å². The smallest absolute Gasteiger partial charge is 0.289 e. The fourth-order valence-electron chi connectivity index (χ4n) is 3.24. The summed E-state index contributed by atoms with van der Waals surface area (Å²) in [5.74, 6) is 2.71. The van der Waals surface area contributed by atoms with Crippen LogP contribution in [0.4, 0.5) is 0 Å². The molecule has 0 spiro atoms. The van der Waals surface area contributed by atoms with Crippen molar-refractivity contribution in [2.24, 2.45) is 10.9 Å². The second kappa shape index (κ2) is 10.1. The number of carbonyl (C=O) groups excluding carboxylic acids is 1. The second-order valence-corrected chi connectivity index (χ2v) is 7.54. The predicted octanol–water partition coefficient (Wildman–Crippen LogP) is 1.49. The first kappa shape index (κ1) is 20.9. The Morgan fingerprint density at radius 3 is 2.69 bits per heavy atom. The summed E-state index contributed by atoms with van der Waals surface area (Å²) < 4.78 is 7.30. The number of nitrogens with one attached hydrogen (secondary N) is 1. The SMILES string of the molecule is CCc1nncn1CCNC(=NCC(C)C)N1CCN(C(=O)c2ccco2)CC1. The molecule has 0 bridgehead atoms. The predicted molar refractivity (Wildman–Crippen MR) is 111 cm³/mol. The summed E-state index contributed by atoms with van der Waals surface area (Å²) in [6.45, 7) is 11.5. The van der Waals surface area contributed by atoms with E-state index in [4.69, 9.17) is 9.41 Å². The minimum atomic E-state index is -0.0528. The number of aryl methyl sites for hydroxylation is 1. The molecular weight excluding hydrogens is 370 g/mol. The topological polar surface area (TPSA) is 91.8 Å². The zero-order valence-electron chi connectivity index (χ0n) is 17.5. The normalized spacial score (nSPS) is 15.2. The van der Waals surface area contributed by atoms with Crippen LogP contribution in [0.1, 0.15) is 37.2 Å². The molecule has 1 saturated heterocycles. The lowest BCUT2D eigenvalue weighted by Crippen LogP contribution is -2.54. The summed E-state index contributed by atoms with van der Waals surface area (Å²) in [7, 11) is 0. The van der Waals surface area contributed by atoms with Crippen molar-refractivity contribution >= 4 is 11.9 Å². The molecule has 158 valence electrons. The van der Waals surface area contributed by atoms with Gasteiger partial charge in [0, 0.05) is 52.2 Å². The highest BCUT2D eigenvalue weighted by Crippen LogP contribution is 2.10. The van der Waals surface area contributed by atoms with Crippen LogP contribution in [0.5, 0.6) is 0 Å². The number of amides is 1. The fraction of sp³-hybridized carbons (Fsp3) is 0.600. The van der Waals surface area contributed by atoms with Crippen LogP contribution < -0.4 is 5.32 Å². The van der Waals surface area contributed by atoms with E-state index in [1.165, 1.54) is 6.26 Å². The molecule has 1 aliphatic heterocycles. The van der Waals surface area contributed by atoms with Crippen molar-refractivity contribution in [1.82, 2.24) is 29.9 Å². The third-order valence-corrected chi connectivity index (χ3v) is 4.85. The average Bonchev–Trinajstić information content (AvgIpc) is 3.42. The minimum absolute atomic E-state index is 0.0528. The van der Waals surface area contributed by atoms with E-state index in [-0.39, 0.29) is 5.91 Å². The van der Waals surface area contributed by atoms with E-state index < -0.39 is 0 Å². The van der Waals surface area contributed by atoms with Crippen LogP contribution in [0.15, 0.2) is 34.1 Å². The van der Waals surface area contributed by atoms with E-state index >= 15 is 0 Å². The first-order valence-corrected chi connectivity index (χ1v) is 10.3. The number of carbonyl (C=O) groups is 1. The van der Waals surface area contributed by atoms with Crippen molar-refractivity contribution in [1.29, 1.82) is 0 Å². The first-order valence-electron chi connectivity index (χ1n) is 10.3. The Morgan fingerprint density at radius 2 is 2.03 bits per heavy atom. The van der Waals surface area contributed by atoms with Gasteiger partial charge in [0.25, 0.3) is 5.91 Å². The number of aromatic nitrogens is 3. The highest BCUT2D eigenvalue weighted by molar-refractivity contribution is 5.91. The molecule has 9 heteroatoms. The van der Waals surface area contributed by atoms with Gasteiger partial charge in [-0.3, -0.25) is 9.79 Å². The molecule has 29 heavy (non-hydrogen) atoms. The number of piperazine rings is 1. The molecule has 2 aromatic heterocycles. The third-order valence-electron chi connectivity index (χ3n) is 4.85. The van der Waals surface area contributed by atoms with Crippen LogP contribution in [-0.4, -0.2) is 75.7 Å².